The van der Waals surface area contributed by atoms with Gasteiger partial charge in [0.15, 0.2) is 0 Å². The molecule has 0 aromatic carbocycles. The van der Waals surface area contributed by atoms with Gasteiger partial charge in [0.05, 0.1) is 17.2 Å². The van der Waals surface area contributed by atoms with E-state index in [-0.39, 0.29) is 17.9 Å². The lowest BCUT2D eigenvalue weighted by atomic mass is 9.95. The Kier molecular flexibility index (Phi) is 7.07. The van der Waals surface area contributed by atoms with E-state index in [1.807, 2.05) is 48.8 Å². The second-order valence-electron chi connectivity index (χ2n) is 7.75. The van der Waals surface area contributed by atoms with Crippen LogP contribution in [0, 0.1) is 17.2 Å². The summed E-state index contributed by atoms with van der Waals surface area (Å²) < 4.78 is 7.51. The Balaban J connectivity index is 1.46. The van der Waals surface area contributed by atoms with Gasteiger partial charge < -0.3 is 14.5 Å². The number of nitrogens with one attached hydrogen (secondary N) is 1. The summed E-state index contributed by atoms with van der Waals surface area (Å²) in [6, 6.07) is 8.26. The Morgan fingerprint density at radius 1 is 1.36 bits per heavy atom. The molecule has 6 nitrogen and oxygen atoms in total. The predicted octanol–water partition coefficient (Wildman–Crippen LogP) is 2.95. The maximum absolute atomic E-state index is 12.4. The molecule has 0 bridgehead atoms. The number of piperidine rings is 1. The molecular formula is C22H30N4O2. The first-order chi connectivity index (χ1) is 13.6. The number of nitrogens with zero attached hydrogens (tertiary/aromatic N) is 3. The number of aromatic nitrogens is 1. The van der Waals surface area contributed by atoms with Gasteiger partial charge in [0.1, 0.15) is 6.07 Å². The molecule has 2 aromatic rings. The summed E-state index contributed by atoms with van der Waals surface area (Å²) in [5.74, 6) is 0.252. The van der Waals surface area contributed by atoms with Crippen LogP contribution in [0.25, 0.3) is 5.52 Å². The molecule has 0 saturated carbocycles. The number of amides is 1. The van der Waals surface area contributed by atoms with Crippen molar-refractivity contribution in [3.63, 3.8) is 0 Å². The number of ether oxygens (including phenoxy) is 1. The highest BCUT2D eigenvalue weighted by atomic mass is 16.5. The van der Waals surface area contributed by atoms with Crippen LogP contribution in [-0.2, 0) is 16.1 Å². The Morgan fingerprint density at radius 3 is 2.86 bits per heavy atom. The largest absolute Gasteiger partial charge is 0.379 e. The maximum Gasteiger partial charge on any atom is 0.223 e. The molecule has 0 spiro atoms. The number of hydrogen-bond acceptors (Lipinski definition) is 4. The maximum atomic E-state index is 12.4. The minimum absolute atomic E-state index is 0.0887. The SMILES string of the molecule is CC(C)OCCCNC(=O)C1CCN(Cc2cn3ccccc3c2C#N)CC1. The molecule has 1 aliphatic rings. The molecule has 3 rings (SSSR count). The Bertz CT molecular complexity index is 829. The third kappa shape index (κ3) is 5.12. The standard InChI is InChI=1S/C22H30N4O2/c1-17(2)28-13-5-9-24-22(27)18-7-11-25(12-8-18)15-19-16-26-10-4-3-6-21(26)20(19)14-23/h3-4,6,10,16-18H,5,7-9,11-13,15H2,1-2H3,(H,24,27). The zero-order chi connectivity index (χ0) is 19.9. The second-order valence-corrected chi connectivity index (χ2v) is 7.75. The zero-order valence-corrected chi connectivity index (χ0v) is 16.9. The fraction of sp³-hybridized carbons (Fsp3) is 0.545. The van der Waals surface area contributed by atoms with E-state index in [9.17, 15) is 10.1 Å². The van der Waals surface area contributed by atoms with Gasteiger partial charge in [-0.1, -0.05) is 6.07 Å². The second kappa shape index (κ2) is 9.72. The highest BCUT2D eigenvalue weighted by Crippen LogP contribution is 2.23. The van der Waals surface area contributed by atoms with E-state index in [1.165, 1.54) is 0 Å². The average molecular weight is 383 g/mol. The van der Waals surface area contributed by atoms with Crippen LogP contribution in [0.2, 0.25) is 0 Å². The molecule has 1 aliphatic heterocycles. The highest BCUT2D eigenvalue weighted by Gasteiger charge is 2.25. The number of pyridine rings is 1. The van der Waals surface area contributed by atoms with Gasteiger partial charge >= 0.3 is 0 Å². The van der Waals surface area contributed by atoms with Crippen LogP contribution in [0.3, 0.4) is 0 Å². The third-order valence-corrected chi connectivity index (χ3v) is 5.30. The molecule has 0 unspecified atom stereocenters. The first kappa shape index (κ1) is 20.4. The normalized spacial score (nSPS) is 15.8. The molecule has 1 saturated heterocycles. The predicted molar refractivity (Wildman–Crippen MR) is 109 cm³/mol. The van der Waals surface area contributed by atoms with Crippen LogP contribution >= 0.6 is 0 Å². The fourth-order valence-electron chi connectivity index (χ4n) is 3.77. The minimum Gasteiger partial charge on any atom is -0.379 e. The Hall–Kier alpha value is -2.36. The van der Waals surface area contributed by atoms with Crippen LogP contribution in [0.4, 0.5) is 0 Å². The number of hydrogen-bond donors (Lipinski definition) is 1. The van der Waals surface area contributed by atoms with Crippen molar-refractivity contribution in [3.05, 3.63) is 41.7 Å². The van der Waals surface area contributed by atoms with Crippen molar-refractivity contribution >= 4 is 11.4 Å². The zero-order valence-electron chi connectivity index (χ0n) is 16.9. The van der Waals surface area contributed by atoms with Crippen LogP contribution in [0.5, 0.6) is 0 Å². The van der Waals surface area contributed by atoms with E-state index < -0.39 is 0 Å². The van der Waals surface area contributed by atoms with Crippen LogP contribution < -0.4 is 5.32 Å². The van der Waals surface area contributed by atoms with Crippen molar-refractivity contribution in [1.82, 2.24) is 14.6 Å². The van der Waals surface area contributed by atoms with E-state index in [0.717, 1.165) is 55.5 Å². The quantitative estimate of drug-likeness (QED) is 0.713. The molecule has 2 aromatic heterocycles. The van der Waals surface area contributed by atoms with Crippen molar-refractivity contribution in [3.8, 4) is 6.07 Å². The summed E-state index contributed by atoms with van der Waals surface area (Å²) in [5, 5.41) is 12.6. The van der Waals surface area contributed by atoms with Crippen LogP contribution in [0.15, 0.2) is 30.6 Å². The van der Waals surface area contributed by atoms with Crippen molar-refractivity contribution in [2.24, 2.45) is 5.92 Å². The first-order valence-corrected chi connectivity index (χ1v) is 10.2. The number of carbonyl (C=O) groups excluding carboxylic acids is 1. The van der Waals surface area contributed by atoms with Gasteiger partial charge in [0.2, 0.25) is 5.91 Å². The monoisotopic (exact) mass is 382 g/mol. The highest BCUT2D eigenvalue weighted by molar-refractivity contribution is 5.78. The summed E-state index contributed by atoms with van der Waals surface area (Å²) in [6.07, 6.45) is 6.84. The summed E-state index contributed by atoms with van der Waals surface area (Å²) >= 11 is 0. The van der Waals surface area contributed by atoms with E-state index in [4.69, 9.17) is 4.74 Å². The molecule has 1 fully saturated rings. The van der Waals surface area contributed by atoms with Crippen LogP contribution in [0.1, 0.15) is 44.2 Å². The van der Waals surface area contributed by atoms with Gasteiger partial charge in [-0.25, -0.2) is 0 Å². The summed E-state index contributed by atoms with van der Waals surface area (Å²) in [7, 11) is 0. The Labute approximate surface area is 167 Å². The van der Waals surface area contributed by atoms with Crippen molar-refractivity contribution in [2.45, 2.75) is 45.8 Å². The van der Waals surface area contributed by atoms with Crippen molar-refractivity contribution in [1.29, 1.82) is 5.26 Å². The first-order valence-electron chi connectivity index (χ1n) is 10.2. The van der Waals surface area contributed by atoms with Gasteiger partial charge in [-0.05, 0) is 58.3 Å². The molecular weight excluding hydrogens is 352 g/mol. The molecule has 28 heavy (non-hydrogen) atoms. The molecule has 6 heteroatoms. The van der Waals surface area contributed by atoms with Gasteiger partial charge in [-0.3, -0.25) is 9.69 Å². The summed E-state index contributed by atoms with van der Waals surface area (Å²) in [5.41, 5.74) is 2.77. The van der Waals surface area contributed by atoms with Gasteiger partial charge in [0.25, 0.3) is 0 Å². The number of likely N-dealkylation sites (tertiary alicyclic amines) is 1. The molecule has 1 amide bonds. The van der Waals surface area contributed by atoms with Gasteiger partial charge in [-0.2, -0.15) is 5.26 Å². The van der Waals surface area contributed by atoms with Crippen molar-refractivity contribution < 1.29 is 9.53 Å². The molecule has 3 heterocycles. The van der Waals surface area contributed by atoms with Crippen molar-refractivity contribution in [2.75, 3.05) is 26.2 Å². The molecule has 0 radical (unpaired) electrons. The molecule has 0 aliphatic carbocycles. The smallest absolute Gasteiger partial charge is 0.223 e. The number of nitriles is 1. The van der Waals surface area contributed by atoms with Gasteiger partial charge in [0, 0.05) is 43.6 Å². The topological polar surface area (TPSA) is 69.8 Å². The summed E-state index contributed by atoms with van der Waals surface area (Å²) in [6.45, 7) is 7.91. The average Bonchev–Trinajstić information content (AvgIpc) is 3.04. The Morgan fingerprint density at radius 2 is 2.14 bits per heavy atom. The number of carbonyl (C=O) groups is 1. The summed E-state index contributed by atoms with van der Waals surface area (Å²) in [4.78, 5) is 14.7. The van der Waals surface area contributed by atoms with E-state index in [0.29, 0.717) is 13.2 Å². The fourth-order valence-corrected chi connectivity index (χ4v) is 3.77. The lowest BCUT2D eigenvalue weighted by Crippen LogP contribution is -2.40. The number of fused-ring (bicyclic) bond motifs is 1. The molecule has 150 valence electrons. The molecule has 1 N–H and O–H groups in total. The lowest BCUT2D eigenvalue weighted by molar-refractivity contribution is -0.126. The van der Waals surface area contributed by atoms with Gasteiger partial charge in [-0.15, -0.1) is 0 Å². The molecule has 0 atom stereocenters. The lowest BCUT2D eigenvalue weighted by Gasteiger charge is -2.31. The number of rotatable bonds is 8. The van der Waals surface area contributed by atoms with E-state index in [1.54, 1.807) is 0 Å². The van der Waals surface area contributed by atoms with Crippen LogP contribution in [-0.4, -0.2) is 47.6 Å². The van der Waals surface area contributed by atoms with E-state index >= 15 is 0 Å². The third-order valence-electron chi connectivity index (χ3n) is 5.30. The minimum atomic E-state index is 0.0887. The van der Waals surface area contributed by atoms with E-state index in [2.05, 4.69) is 16.3 Å².